The molecule has 0 unspecified atom stereocenters. The molecule has 0 heterocycles. The van der Waals surface area contributed by atoms with E-state index >= 15 is 0 Å². The van der Waals surface area contributed by atoms with E-state index in [0.29, 0.717) is 22.9 Å². The third kappa shape index (κ3) is 1.53. The topological polar surface area (TPSA) is 57.5 Å². The van der Waals surface area contributed by atoms with Gasteiger partial charge in [-0.25, -0.2) is 0 Å². The van der Waals surface area contributed by atoms with Gasteiger partial charge in [0.25, 0.3) is 0 Å². The first-order chi connectivity index (χ1) is 6.97. The molecule has 0 bridgehead atoms. The maximum absolute atomic E-state index is 11.1. The summed E-state index contributed by atoms with van der Waals surface area (Å²) in [5.74, 6) is -0.693. The molecule has 0 spiro atoms. The van der Waals surface area contributed by atoms with Gasteiger partial charge in [0.2, 0.25) is 0 Å². The average Bonchev–Trinajstić information content (AvgIpc) is 2.93. The van der Waals surface area contributed by atoms with Crippen molar-refractivity contribution in [3.05, 3.63) is 27.7 Å². The van der Waals surface area contributed by atoms with E-state index in [0.717, 1.165) is 5.56 Å². The Balaban J connectivity index is 2.51. The van der Waals surface area contributed by atoms with E-state index in [1.165, 1.54) is 6.07 Å². The van der Waals surface area contributed by atoms with E-state index in [-0.39, 0.29) is 5.75 Å². The van der Waals surface area contributed by atoms with Crippen molar-refractivity contribution in [3.8, 4) is 5.75 Å². The SMILES string of the molecule is Cc1cc(C2(C(=O)O)CC2)cc(O)c1Br. The van der Waals surface area contributed by atoms with Crippen molar-refractivity contribution in [3.63, 3.8) is 0 Å². The Hall–Kier alpha value is -1.03. The minimum absolute atomic E-state index is 0.109. The van der Waals surface area contributed by atoms with Crippen LogP contribution in [-0.4, -0.2) is 16.2 Å². The van der Waals surface area contributed by atoms with Gasteiger partial charge in [-0.2, -0.15) is 0 Å². The van der Waals surface area contributed by atoms with Gasteiger partial charge < -0.3 is 10.2 Å². The molecule has 1 fully saturated rings. The number of hydrogen-bond donors (Lipinski definition) is 2. The Labute approximate surface area is 95.9 Å². The second kappa shape index (κ2) is 3.23. The Morgan fingerprint density at radius 3 is 2.47 bits per heavy atom. The first-order valence-electron chi connectivity index (χ1n) is 4.70. The lowest BCUT2D eigenvalue weighted by Crippen LogP contribution is -2.19. The van der Waals surface area contributed by atoms with Crippen LogP contribution in [0.25, 0.3) is 0 Å². The number of carboxylic acids is 1. The molecule has 4 heteroatoms. The Morgan fingerprint density at radius 2 is 2.07 bits per heavy atom. The molecule has 0 atom stereocenters. The fraction of sp³-hybridized carbons (Fsp3) is 0.364. The zero-order valence-electron chi connectivity index (χ0n) is 8.25. The van der Waals surface area contributed by atoms with Crippen molar-refractivity contribution < 1.29 is 15.0 Å². The first-order valence-corrected chi connectivity index (χ1v) is 5.50. The number of phenols is 1. The predicted molar refractivity (Wildman–Crippen MR) is 59.1 cm³/mol. The second-order valence-corrected chi connectivity index (χ2v) is 4.81. The number of carbonyl (C=O) groups is 1. The van der Waals surface area contributed by atoms with E-state index < -0.39 is 11.4 Å². The lowest BCUT2D eigenvalue weighted by molar-refractivity contribution is -0.140. The van der Waals surface area contributed by atoms with Gasteiger partial charge in [-0.1, -0.05) is 6.07 Å². The largest absolute Gasteiger partial charge is 0.507 e. The number of carboxylic acid groups (broad SMARTS) is 1. The molecule has 3 nitrogen and oxygen atoms in total. The highest BCUT2D eigenvalue weighted by molar-refractivity contribution is 9.10. The van der Waals surface area contributed by atoms with E-state index in [1.54, 1.807) is 0 Å². The van der Waals surface area contributed by atoms with Crippen LogP contribution in [-0.2, 0) is 10.2 Å². The third-order valence-electron chi connectivity index (χ3n) is 2.95. The fourth-order valence-electron chi connectivity index (χ4n) is 1.78. The van der Waals surface area contributed by atoms with Gasteiger partial charge >= 0.3 is 5.97 Å². The monoisotopic (exact) mass is 270 g/mol. The Morgan fingerprint density at radius 1 is 1.47 bits per heavy atom. The molecule has 0 aliphatic heterocycles. The summed E-state index contributed by atoms with van der Waals surface area (Å²) < 4.78 is 0.632. The van der Waals surface area contributed by atoms with Gasteiger partial charge in [0.1, 0.15) is 5.75 Å². The minimum Gasteiger partial charge on any atom is -0.507 e. The molecule has 80 valence electrons. The summed E-state index contributed by atoms with van der Waals surface area (Å²) >= 11 is 3.24. The van der Waals surface area contributed by atoms with Crippen molar-refractivity contribution in [2.75, 3.05) is 0 Å². The molecule has 1 aliphatic carbocycles. The second-order valence-electron chi connectivity index (χ2n) is 4.01. The molecule has 1 aromatic rings. The van der Waals surface area contributed by atoms with Crippen LogP contribution in [0.5, 0.6) is 5.75 Å². The van der Waals surface area contributed by atoms with Gasteiger partial charge in [-0.3, -0.25) is 4.79 Å². The van der Waals surface area contributed by atoms with Crippen LogP contribution in [0.15, 0.2) is 16.6 Å². The average molecular weight is 271 g/mol. The van der Waals surface area contributed by atoms with Crippen molar-refractivity contribution in [1.29, 1.82) is 0 Å². The summed E-state index contributed by atoms with van der Waals surface area (Å²) in [5.41, 5.74) is 0.814. The van der Waals surface area contributed by atoms with Crippen molar-refractivity contribution in [2.45, 2.75) is 25.2 Å². The van der Waals surface area contributed by atoms with E-state index in [2.05, 4.69) is 15.9 Å². The zero-order valence-corrected chi connectivity index (χ0v) is 9.84. The highest BCUT2D eigenvalue weighted by Crippen LogP contribution is 2.50. The number of phenolic OH excluding ortho intramolecular Hbond substituents is 1. The molecule has 15 heavy (non-hydrogen) atoms. The van der Waals surface area contributed by atoms with E-state index in [4.69, 9.17) is 5.11 Å². The standard InChI is InChI=1S/C11H11BrO3/c1-6-4-7(5-8(13)9(6)12)11(2-3-11)10(14)15/h4-5,13H,2-3H2,1H3,(H,14,15). The third-order valence-corrected chi connectivity index (χ3v) is 3.98. The number of aryl methyl sites for hydroxylation is 1. The molecular weight excluding hydrogens is 260 g/mol. The lowest BCUT2D eigenvalue weighted by atomic mass is 9.94. The summed E-state index contributed by atoms with van der Waals surface area (Å²) in [4.78, 5) is 11.1. The fourth-order valence-corrected chi connectivity index (χ4v) is 2.01. The van der Waals surface area contributed by atoms with Crippen molar-refractivity contribution >= 4 is 21.9 Å². The molecule has 1 saturated carbocycles. The Bertz CT molecular complexity index is 412. The summed E-state index contributed by atoms with van der Waals surface area (Å²) in [6.07, 6.45) is 1.31. The summed E-state index contributed by atoms with van der Waals surface area (Å²) in [7, 11) is 0. The van der Waals surface area contributed by atoms with E-state index in [9.17, 15) is 9.90 Å². The summed E-state index contributed by atoms with van der Waals surface area (Å²) in [6, 6.07) is 3.36. The quantitative estimate of drug-likeness (QED) is 0.869. The predicted octanol–water partition coefficient (Wildman–Crippen LogP) is 2.58. The molecule has 0 aromatic heterocycles. The lowest BCUT2D eigenvalue weighted by Gasteiger charge is -2.12. The maximum atomic E-state index is 11.1. The van der Waals surface area contributed by atoms with Crippen molar-refractivity contribution in [2.24, 2.45) is 0 Å². The van der Waals surface area contributed by atoms with Gasteiger partial charge in [0.05, 0.1) is 9.89 Å². The number of benzene rings is 1. The summed E-state index contributed by atoms with van der Waals surface area (Å²) in [6.45, 7) is 1.84. The number of rotatable bonds is 2. The molecule has 1 aromatic carbocycles. The number of aliphatic carboxylic acids is 1. The van der Waals surface area contributed by atoms with Gasteiger partial charge in [0, 0.05) is 0 Å². The van der Waals surface area contributed by atoms with Crippen LogP contribution in [0.2, 0.25) is 0 Å². The van der Waals surface area contributed by atoms with Gasteiger partial charge in [-0.05, 0) is 52.9 Å². The van der Waals surface area contributed by atoms with Gasteiger partial charge in [-0.15, -0.1) is 0 Å². The molecule has 2 N–H and O–H groups in total. The summed E-state index contributed by atoms with van der Waals surface area (Å²) in [5, 5.41) is 18.7. The highest BCUT2D eigenvalue weighted by Gasteiger charge is 2.52. The van der Waals surface area contributed by atoms with Crippen molar-refractivity contribution in [1.82, 2.24) is 0 Å². The molecular formula is C11H11BrO3. The van der Waals surface area contributed by atoms with Crippen LogP contribution in [0.1, 0.15) is 24.0 Å². The number of hydrogen-bond acceptors (Lipinski definition) is 2. The normalized spacial score (nSPS) is 17.5. The van der Waals surface area contributed by atoms with Crippen LogP contribution in [0, 0.1) is 6.92 Å². The minimum atomic E-state index is -0.802. The van der Waals surface area contributed by atoms with Crippen LogP contribution < -0.4 is 0 Å². The molecule has 0 radical (unpaired) electrons. The molecule has 0 amide bonds. The van der Waals surface area contributed by atoms with E-state index in [1.807, 2.05) is 13.0 Å². The van der Waals surface area contributed by atoms with Crippen LogP contribution in [0.4, 0.5) is 0 Å². The zero-order chi connectivity index (χ0) is 11.2. The molecule has 0 saturated heterocycles. The molecule has 1 aliphatic rings. The Kier molecular flexibility index (Phi) is 2.26. The highest BCUT2D eigenvalue weighted by atomic mass is 79.9. The van der Waals surface area contributed by atoms with Gasteiger partial charge in [0.15, 0.2) is 0 Å². The number of halogens is 1. The van der Waals surface area contributed by atoms with Crippen LogP contribution >= 0.6 is 15.9 Å². The smallest absolute Gasteiger partial charge is 0.314 e. The van der Waals surface area contributed by atoms with Crippen LogP contribution in [0.3, 0.4) is 0 Å². The number of aromatic hydroxyl groups is 1. The maximum Gasteiger partial charge on any atom is 0.314 e. The first kappa shape index (κ1) is 10.5. The molecule has 2 rings (SSSR count).